The molecule has 2 aromatic rings. The van der Waals surface area contributed by atoms with Gasteiger partial charge in [0.15, 0.2) is 5.69 Å². The van der Waals surface area contributed by atoms with E-state index in [9.17, 15) is 13.5 Å². The molecule has 1 aliphatic rings. The third kappa shape index (κ3) is 2.67. The largest absolute Gasteiger partial charge is 0.493 e. The zero-order valence-corrected chi connectivity index (χ0v) is 12.7. The van der Waals surface area contributed by atoms with Gasteiger partial charge in [-0.3, -0.25) is 0 Å². The molecule has 1 heterocycles. The summed E-state index contributed by atoms with van der Waals surface area (Å²) in [5, 5.41) is 13.6. The van der Waals surface area contributed by atoms with Gasteiger partial charge in [0, 0.05) is 5.39 Å². The fourth-order valence-corrected chi connectivity index (χ4v) is 3.28. The number of rotatable bonds is 3. The number of fused-ring (bicyclic) bond motifs is 1. The Morgan fingerprint density at radius 3 is 2.86 bits per heavy atom. The number of aromatic hydroxyl groups is 1. The number of hydrogen-bond donors (Lipinski definition) is 2. The number of aromatic amines is 1. The van der Waals surface area contributed by atoms with Crippen LogP contribution in [0.4, 0.5) is 5.69 Å². The lowest BCUT2D eigenvalue weighted by molar-refractivity contribution is 0.459. The summed E-state index contributed by atoms with van der Waals surface area (Å²) < 4.78 is 27.8. The highest BCUT2D eigenvalue weighted by Gasteiger charge is 2.23. The minimum Gasteiger partial charge on any atom is -0.493 e. The predicted octanol–water partition coefficient (Wildman–Crippen LogP) is 3.48. The second kappa shape index (κ2) is 5.42. The Labute approximate surface area is 127 Å². The van der Waals surface area contributed by atoms with Gasteiger partial charge >= 0.3 is 0 Å². The van der Waals surface area contributed by atoms with Gasteiger partial charge in [-0.1, -0.05) is 40.5 Å². The second-order valence-electron chi connectivity index (χ2n) is 5.16. The fraction of sp³-hybridized carbons (Fsp3) is 0.200. The van der Waals surface area contributed by atoms with E-state index in [1.807, 2.05) is 19.1 Å². The van der Waals surface area contributed by atoms with Crippen LogP contribution < -0.4 is 0 Å². The van der Waals surface area contributed by atoms with E-state index in [-0.39, 0.29) is 11.6 Å². The van der Waals surface area contributed by atoms with Gasteiger partial charge in [-0.25, -0.2) is 8.42 Å². The topological polar surface area (TPSA) is 94.9 Å². The number of allylic oxidation sites excluding steroid dienone is 3. The number of aryl methyl sites for hydroxylation is 1. The molecule has 3 rings (SSSR count). The van der Waals surface area contributed by atoms with Crippen LogP contribution in [-0.4, -0.2) is 23.8 Å². The van der Waals surface area contributed by atoms with Crippen molar-refractivity contribution in [2.45, 2.75) is 18.6 Å². The standard InChI is InChI=1S/C15H15N3O3S/c1-10-7-8-13-12(9-10)14(15(19)16-13)17-18-22(20,21)11-5-3-2-4-6-11/h2-5,7-9,11,16,19H,6H2,1H3. The minimum atomic E-state index is -3.76. The Hall–Kier alpha value is -2.41. The molecule has 0 aliphatic heterocycles. The van der Waals surface area contributed by atoms with E-state index in [2.05, 4.69) is 14.6 Å². The summed E-state index contributed by atoms with van der Waals surface area (Å²) in [5.74, 6) is -0.196. The van der Waals surface area contributed by atoms with Gasteiger partial charge in [0.25, 0.3) is 10.0 Å². The highest BCUT2D eigenvalue weighted by molar-refractivity contribution is 7.90. The first kappa shape index (κ1) is 14.5. The summed E-state index contributed by atoms with van der Waals surface area (Å²) in [7, 11) is -3.76. The molecular formula is C15H15N3O3S. The smallest absolute Gasteiger partial charge is 0.277 e. The molecule has 0 saturated heterocycles. The van der Waals surface area contributed by atoms with Crippen LogP contribution in [0.15, 0.2) is 52.1 Å². The number of nitrogens with one attached hydrogen (secondary N) is 1. The van der Waals surface area contributed by atoms with Crippen molar-refractivity contribution in [1.82, 2.24) is 4.98 Å². The molecule has 0 radical (unpaired) electrons. The molecule has 1 aliphatic carbocycles. The van der Waals surface area contributed by atoms with Crippen LogP contribution in [0.2, 0.25) is 0 Å². The van der Waals surface area contributed by atoms with Crippen LogP contribution in [0.1, 0.15) is 12.0 Å². The Morgan fingerprint density at radius 2 is 2.14 bits per heavy atom. The summed E-state index contributed by atoms with van der Waals surface area (Å²) >= 11 is 0. The van der Waals surface area contributed by atoms with Gasteiger partial charge in [-0.15, -0.1) is 5.11 Å². The van der Waals surface area contributed by atoms with E-state index in [1.54, 1.807) is 30.4 Å². The number of nitrogens with zero attached hydrogens (tertiary/aromatic N) is 2. The molecule has 114 valence electrons. The lowest BCUT2D eigenvalue weighted by atomic mass is 10.2. The molecule has 1 atom stereocenters. The molecule has 1 aromatic carbocycles. The van der Waals surface area contributed by atoms with Crippen LogP contribution in [-0.2, 0) is 10.0 Å². The predicted molar refractivity (Wildman–Crippen MR) is 84.8 cm³/mol. The van der Waals surface area contributed by atoms with Gasteiger partial charge in [-0.05, 0) is 25.5 Å². The van der Waals surface area contributed by atoms with Crippen molar-refractivity contribution in [3.63, 3.8) is 0 Å². The first-order chi connectivity index (χ1) is 10.5. The lowest BCUT2D eigenvalue weighted by Crippen LogP contribution is -2.16. The van der Waals surface area contributed by atoms with Gasteiger partial charge in [0.05, 0.1) is 5.52 Å². The van der Waals surface area contributed by atoms with E-state index in [4.69, 9.17) is 0 Å². The number of benzene rings is 1. The number of aromatic nitrogens is 1. The minimum absolute atomic E-state index is 0.137. The van der Waals surface area contributed by atoms with Crippen LogP contribution in [0.25, 0.3) is 10.9 Å². The van der Waals surface area contributed by atoms with Crippen molar-refractivity contribution in [1.29, 1.82) is 0 Å². The van der Waals surface area contributed by atoms with E-state index >= 15 is 0 Å². The lowest BCUT2D eigenvalue weighted by Gasteiger charge is -2.08. The highest BCUT2D eigenvalue weighted by atomic mass is 32.2. The molecule has 0 saturated carbocycles. The monoisotopic (exact) mass is 317 g/mol. The third-order valence-corrected chi connectivity index (χ3v) is 4.91. The summed E-state index contributed by atoms with van der Waals surface area (Å²) in [6.07, 6.45) is 7.18. The molecule has 0 spiro atoms. The quantitative estimate of drug-likeness (QED) is 0.848. The maximum atomic E-state index is 12.2. The zero-order valence-electron chi connectivity index (χ0n) is 11.9. The summed E-state index contributed by atoms with van der Waals surface area (Å²) in [6, 6.07) is 5.50. The third-order valence-electron chi connectivity index (χ3n) is 3.49. The molecule has 0 bridgehead atoms. The number of sulfonamides is 1. The fourth-order valence-electron chi connectivity index (χ4n) is 2.32. The van der Waals surface area contributed by atoms with Crippen molar-refractivity contribution in [2.24, 2.45) is 9.63 Å². The SMILES string of the molecule is Cc1ccc2[nH]c(O)c(N=NS(=O)(=O)C3C=CC=CC3)c2c1. The van der Waals surface area contributed by atoms with Crippen molar-refractivity contribution < 1.29 is 13.5 Å². The molecular weight excluding hydrogens is 302 g/mol. The van der Waals surface area contributed by atoms with Crippen molar-refractivity contribution >= 4 is 26.6 Å². The molecule has 6 nitrogen and oxygen atoms in total. The Morgan fingerprint density at radius 1 is 1.32 bits per heavy atom. The molecule has 0 amide bonds. The zero-order chi connectivity index (χ0) is 15.7. The molecule has 1 aromatic heterocycles. The Bertz CT molecular complexity index is 908. The maximum absolute atomic E-state index is 12.2. The van der Waals surface area contributed by atoms with E-state index in [0.29, 0.717) is 17.3 Å². The summed E-state index contributed by atoms with van der Waals surface area (Å²) in [5.41, 5.74) is 1.79. The molecule has 1 unspecified atom stereocenters. The van der Waals surface area contributed by atoms with E-state index in [0.717, 1.165) is 5.56 Å². The number of H-pyrrole nitrogens is 1. The van der Waals surface area contributed by atoms with Gasteiger partial charge < -0.3 is 10.1 Å². The van der Waals surface area contributed by atoms with Gasteiger partial charge in [-0.2, -0.15) is 0 Å². The average Bonchev–Trinajstić information content (AvgIpc) is 2.81. The maximum Gasteiger partial charge on any atom is 0.277 e. The van der Waals surface area contributed by atoms with Crippen LogP contribution in [0.5, 0.6) is 5.88 Å². The average molecular weight is 317 g/mol. The van der Waals surface area contributed by atoms with E-state index < -0.39 is 15.3 Å². The van der Waals surface area contributed by atoms with E-state index in [1.165, 1.54) is 0 Å². The van der Waals surface area contributed by atoms with Crippen LogP contribution in [0.3, 0.4) is 0 Å². The number of hydrogen-bond acceptors (Lipinski definition) is 4. The molecule has 7 heteroatoms. The first-order valence-corrected chi connectivity index (χ1v) is 8.29. The van der Waals surface area contributed by atoms with Crippen molar-refractivity contribution in [3.05, 3.63) is 48.1 Å². The molecule has 2 N–H and O–H groups in total. The normalized spacial score (nSPS) is 18.5. The second-order valence-corrected chi connectivity index (χ2v) is 6.95. The molecule has 0 fully saturated rings. The van der Waals surface area contributed by atoms with Crippen LogP contribution in [0, 0.1) is 6.92 Å². The van der Waals surface area contributed by atoms with Crippen molar-refractivity contribution in [2.75, 3.05) is 0 Å². The summed E-state index contributed by atoms with van der Waals surface area (Å²) in [4.78, 5) is 2.75. The van der Waals surface area contributed by atoms with Crippen LogP contribution >= 0.6 is 0 Å². The molecule has 22 heavy (non-hydrogen) atoms. The van der Waals surface area contributed by atoms with Crippen molar-refractivity contribution in [3.8, 4) is 5.88 Å². The highest BCUT2D eigenvalue weighted by Crippen LogP contribution is 2.36. The van der Waals surface area contributed by atoms with Gasteiger partial charge in [0.2, 0.25) is 5.88 Å². The Kier molecular flexibility index (Phi) is 3.58. The Balaban J connectivity index is 1.99. The van der Waals surface area contributed by atoms with Gasteiger partial charge in [0.1, 0.15) is 5.25 Å². The summed E-state index contributed by atoms with van der Waals surface area (Å²) in [6.45, 7) is 1.90. The first-order valence-electron chi connectivity index (χ1n) is 6.79.